The summed E-state index contributed by atoms with van der Waals surface area (Å²) in [5.41, 5.74) is 3.44. The summed E-state index contributed by atoms with van der Waals surface area (Å²) in [7, 11) is 0. The van der Waals surface area contributed by atoms with E-state index in [1.165, 1.54) is 5.56 Å². The van der Waals surface area contributed by atoms with Crippen LogP contribution in [0.25, 0.3) is 17.1 Å². The van der Waals surface area contributed by atoms with Crippen molar-refractivity contribution in [2.45, 2.75) is 13.3 Å². The van der Waals surface area contributed by atoms with E-state index < -0.39 is 0 Å². The molecule has 5 nitrogen and oxygen atoms in total. The van der Waals surface area contributed by atoms with Crippen molar-refractivity contribution >= 4 is 17.1 Å². The van der Waals surface area contributed by atoms with Gasteiger partial charge in [-0.3, -0.25) is 9.80 Å². The van der Waals surface area contributed by atoms with Crippen LogP contribution in [0.15, 0.2) is 91.0 Å². The highest BCUT2D eigenvalue weighted by atomic mass is 16.5. The van der Waals surface area contributed by atoms with Gasteiger partial charge in [0, 0.05) is 32.7 Å². The van der Waals surface area contributed by atoms with Crippen molar-refractivity contribution in [3.63, 3.8) is 0 Å². The Balaban J connectivity index is 1.21. The molecule has 33 heavy (non-hydrogen) atoms. The number of piperazine rings is 1. The lowest BCUT2D eigenvalue weighted by Gasteiger charge is -2.34. The summed E-state index contributed by atoms with van der Waals surface area (Å²) in [5.74, 6) is 1.83. The molecule has 3 aromatic carbocycles. The van der Waals surface area contributed by atoms with Gasteiger partial charge in [0.2, 0.25) is 0 Å². The molecule has 1 fully saturated rings. The van der Waals surface area contributed by atoms with E-state index in [0.29, 0.717) is 6.61 Å². The minimum Gasteiger partial charge on any atom is -0.486 e. The number of imidazole rings is 1. The second-order valence-electron chi connectivity index (χ2n) is 8.42. The first-order valence-corrected chi connectivity index (χ1v) is 11.6. The Morgan fingerprint density at radius 1 is 0.758 bits per heavy atom. The first-order chi connectivity index (χ1) is 16.3. The molecule has 1 aliphatic rings. The molecular weight excluding hydrogens is 408 g/mol. The molecule has 4 aromatic rings. The highest BCUT2D eigenvalue weighted by Gasteiger charge is 2.19. The molecule has 0 N–H and O–H groups in total. The van der Waals surface area contributed by atoms with Crippen LogP contribution in [0.1, 0.15) is 11.4 Å². The Labute approximate surface area is 195 Å². The minimum atomic E-state index is 0.461. The topological polar surface area (TPSA) is 33.5 Å². The Bertz CT molecular complexity index is 1180. The molecule has 0 atom stereocenters. The van der Waals surface area contributed by atoms with Gasteiger partial charge in [0.05, 0.1) is 17.7 Å². The maximum Gasteiger partial charge on any atom is 0.149 e. The first-order valence-electron chi connectivity index (χ1n) is 11.6. The maximum absolute atomic E-state index is 6.03. The first kappa shape index (κ1) is 21.4. The van der Waals surface area contributed by atoms with Crippen LogP contribution in [0.3, 0.4) is 0 Å². The summed E-state index contributed by atoms with van der Waals surface area (Å²) in [5, 5.41) is 0. The van der Waals surface area contributed by atoms with Gasteiger partial charge in [0.15, 0.2) is 0 Å². The molecule has 0 radical (unpaired) electrons. The molecule has 0 bridgehead atoms. The van der Waals surface area contributed by atoms with Crippen LogP contribution < -0.4 is 4.74 Å². The molecule has 0 unspecified atom stereocenters. The van der Waals surface area contributed by atoms with E-state index in [1.807, 2.05) is 36.4 Å². The lowest BCUT2D eigenvalue weighted by atomic mass is 10.2. The minimum absolute atomic E-state index is 0.461. The highest BCUT2D eigenvalue weighted by molar-refractivity contribution is 5.75. The molecule has 0 spiro atoms. The standard InChI is InChI=1S/C28H30N4O/c1-3-10-24(11-4-1)12-9-17-30-18-20-31(21-19-30)23-32-27-16-8-7-15-26(27)29-28(32)22-33-25-13-5-2-6-14-25/h1-16H,17-23H2/b12-9+. The Kier molecular flexibility index (Phi) is 6.80. The second-order valence-corrected chi connectivity index (χ2v) is 8.42. The summed E-state index contributed by atoms with van der Waals surface area (Å²) in [4.78, 5) is 9.90. The average Bonchev–Trinajstić information content (AvgIpc) is 3.22. The Hall–Kier alpha value is -3.41. The van der Waals surface area contributed by atoms with Crippen LogP contribution in [-0.2, 0) is 13.3 Å². The lowest BCUT2D eigenvalue weighted by Crippen LogP contribution is -2.46. The molecule has 5 heteroatoms. The van der Waals surface area contributed by atoms with Crippen LogP contribution in [0.5, 0.6) is 5.75 Å². The van der Waals surface area contributed by atoms with Crippen molar-refractivity contribution < 1.29 is 4.74 Å². The predicted molar refractivity (Wildman–Crippen MR) is 134 cm³/mol. The van der Waals surface area contributed by atoms with E-state index >= 15 is 0 Å². The summed E-state index contributed by atoms with van der Waals surface area (Å²) >= 11 is 0. The van der Waals surface area contributed by atoms with Crippen LogP contribution >= 0.6 is 0 Å². The zero-order valence-electron chi connectivity index (χ0n) is 18.9. The maximum atomic E-state index is 6.03. The number of para-hydroxylation sites is 3. The van der Waals surface area contributed by atoms with Crippen molar-refractivity contribution in [3.05, 3.63) is 102 Å². The van der Waals surface area contributed by atoms with Crippen molar-refractivity contribution in [1.29, 1.82) is 0 Å². The van der Waals surface area contributed by atoms with Crippen LogP contribution in [0.2, 0.25) is 0 Å². The largest absolute Gasteiger partial charge is 0.486 e. The molecule has 0 saturated carbocycles. The van der Waals surface area contributed by atoms with Gasteiger partial charge in [0.1, 0.15) is 18.2 Å². The monoisotopic (exact) mass is 438 g/mol. The van der Waals surface area contributed by atoms with E-state index in [0.717, 1.165) is 62.0 Å². The summed E-state index contributed by atoms with van der Waals surface area (Å²) in [6.07, 6.45) is 4.48. The van der Waals surface area contributed by atoms with Gasteiger partial charge in [-0.15, -0.1) is 0 Å². The zero-order valence-corrected chi connectivity index (χ0v) is 18.9. The Morgan fingerprint density at radius 3 is 2.21 bits per heavy atom. The molecule has 0 amide bonds. The molecule has 1 aliphatic heterocycles. The number of aromatic nitrogens is 2. The Morgan fingerprint density at radius 2 is 1.42 bits per heavy atom. The fourth-order valence-electron chi connectivity index (χ4n) is 4.27. The highest BCUT2D eigenvalue weighted by Crippen LogP contribution is 2.19. The number of nitrogens with zero attached hydrogens (tertiary/aromatic N) is 4. The van der Waals surface area contributed by atoms with E-state index in [4.69, 9.17) is 9.72 Å². The zero-order chi connectivity index (χ0) is 22.3. The third kappa shape index (κ3) is 5.51. The molecule has 2 heterocycles. The molecular formula is C28H30N4O. The fraction of sp³-hybridized carbons (Fsp3) is 0.250. The van der Waals surface area contributed by atoms with Crippen LogP contribution in [0.4, 0.5) is 0 Å². The number of ether oxygens (including phenoxy) is 1. The molecule has 1 saturated heterocycles. The third-order valence-electron chi connectivity index (χ3n) is 6.12. The SMILES string of the molecule is C(=C\c1ccccc1)/CN1CCN(Cn2c(COc3ccccc3)nc3ccccc32)CC1. The van der Waals surface area contributed by atoms with Crippen molar-refractivity contribution in [2.24, 2.45) is 0 Å². The normalized spacial score (nSPS) is 15.4. The van der Waals surface area contributed by atoms with Crippen molar-refractivity contribution in [3.8, 4) is 5.75 Å². The van der Waals surface area contributed by atoms with Crippen molar-refractivity contribution in [2.75, 3.05) is 32.7 Å². The van der Waals surface area contributed by atoms with Gasteiger partial charge in [-0.1, -0.05) is 72.8 Å². The van der Waals surface area contributed by atoms with Gasteiger partial charge in [-0.2, -0.15) is 0 Å². The van der Waals surface area contributed by atoms with Gasteiger partial charge >= 0.3 is 0 Å². The average molecular weight is 439 g/mol. The summed E-state index contributed by atoms with van der Waals surface area (Å²) in [6, 6.07) is 28.8. The number of rotatable bonds is 8. The predicted octanol–water partition coefficient (Wildman–Crippen LogP) is 4.90. The van der Waals surface area contributed by atoms with Crippen LogP contribution in [0, 0.1) is 0 Å². The lowest BCUT2D eigenvalue weighted by molar-refractivity contribution is 0.114. The van der Waals surface area contributed by atoms with E-state index in [1.54, 1.807) is 0 Å². The molecule has 5 rings (SSSR count). The molecule has 1 aromatic heterocycles. The van der Waals surface area contributed by atoms with Crippen molar-refractivity contribution in [1.82, 2.24) is 19.4 Å². The molecule has 168 valence electrons. The quantitative estimate of drug-likeness (QED) is 0.392. The smallest absolute Gasteiger partial charge is 0.149 e. The molecule has 0 aliphatic carbocycles. The van der Waals surface area contributed by atoms with Gasteiger partial charge in [0.25, 0.3) is 0 Å². The van der Waals surface area contributed by atoms with E-state index in [-0.39, 0.29) is 0 Å². The van der Waals surface area contributed by atoms with Gasteiger partial charge < -0.3 is 9.30 Å². The van der Waals surface area contributed by atoms with Crippen LogP contribution in [-0.4, -0.2) is 52.1 Å². The fourth-order valence-corrected chi connectivity index (χ4v) is 4.27. The number of fused-ring (bicyclic) bond motifs is 1. The number of hydrogen-bond acceptors (Lipinski definition) is 4. The van der Waals surface area contributed by atoms with Gasteiger partial charge in [-0.25, -0.2) is 4.98 Å². The summed E-state index contributed by atoms with van der Waals surface area (Å²) < 4.78 is 8.34. The summed E-state index contributed by atoms with van der Waals surface area (Å²) in [6.45, 7) is 6.52. The number of hydrogen-bond donors (Lipinski definition) is 0. The second kappa shape index (κ2) is 10.5. The van der Waals surface area contributed by atoms with E-state index in [2.05, 4.69) is 75.0 Å². The van der Waals surface area contributed by atoms with E-state index in [9.17, 15) is 0 Å². The number of benzene rings is 3. The van der Waals surface area contributed by atoms with Gasteiger partial charge in [-0.05, 0) is 29.8 Å². The third-order valence-corrected chi connectivity index (χ3v) is 6.12.